The number of nitrogens with zero attached hydrogens (tertiary/aromatic N) is 1. The molecule has 0 bridgehead atoms. The predicted octanol–water partition coefficient (Wildman–Crippen LogP) is 2.18. The molecule has 0 saturated carbocycles. The van der Waals surface area contributed by atoms with E-state index in [-0.39, 0.29) is 0 Å². The smallest absolute Gasteiger partial charge is 0.149 e. The van der Waals surface area contributed by atoms with E-state index >= 15 is 0 Å². The lowest BCUT2D eigenvalue weighted by atomic mass is 10.3. The Kier molecular flexibility index (Phi) is 2.58. The highest BCUT2D eigenvalue weighted by molar-refractivity contribution is 5.61. The number of rotatable bonds is 3. The fourth-order valence-electron chi connectivity index (χ4n) is 1.32. The van der Waals surface area contributed by atoms with Crippen molar-refractivity contribution in [3.63, 3.8) is 0 Å². The third-order valence-electron chi connectivity index (χ3n) is 2.06. The van der Waals surface area contributed by atoms with Crippen molar-refractivity contribution in [1.29, 1.82) is 0 Å². The molecule has 4 nitrogen and oxygen atoms in total. The van der Waals surface area contributed by atoms with Gasteiger partial charge < -0.3 is 15.5 Å². The van der Waals surface area contributed by atoms with Crippen LogP contribution in [0.1, 0.15) is 11.3 Å². The maximum absolute atomic E-state index is 5.81. The first-order valence-electron chi connectivity index (χ1n) is 4.74. The molecule has 0 fully saturated rings. The third kappa shape index (κ3) is 2.28. The lowest BCUT2D eigenvalue weighted by Crippen LogP contribution is -2.04. The van der Waals surface area contributed by atoms with Gasteiger partial charge in [0, 0.05) is 6.20 Å². The number of aromatic nitrogens is 1. The molecule has 0 atom stereocenters. The van der Waals surface area contributed by atoms with Crippen LogP contribution in [-0.2, 0) is 6.54 Å². The molecule has 3 N–H and O–H groups in total. The van der Waals surface area contributed by atoms with E-state index in [1.54, 1.807) is 12.5 Å². The van der Waals surface area contributed by atoms with E-state index in [4.69, 9.17) is 10.2 Å². The zero-order valence-electron chi connectivity index (χ0n) is 8.53. The summed E-state index contributed by atoms with van der Waals surface area (Å²) in [5.41, 5.74) is 7.51. The van der Waals surface area contributed by atoms with Gasteiger partial charge in [0.15, 0.2) is 0 Å². The highest BCUT2D eigenvalue weighted by atomic mass is 16.3. The first kappa shape index (κ1) is 9.58. The van der Waals surface area contributed by atoms with Gasteiger partial charge in [0.1, 0.15) is 11.6 Å². The van der Waals surface area contributed by atoms with Crippen LogP contribution in [0.3, 0.4) is 0 Å². The zero-order valence-corrected chi connectivity index (χ0v) is 8.53. The molecular weight excluding hydrogens is 190 g/mol. The van der Waals surface area contributed by atoms with Gasteiger partial charge in [-0.15, -0.1) is 0 Å². The lowest BCUT2D eigenvalue weighted by molar-refractivity contribution is 0.518. The second-order valence-electron chi connectivity index (χ2n) is 3.38. The van der Waals surface area contributed by atoms with Gasteiger partial charge in [-0.05, 0) is 30.7 Å². The summed E-state index contributed by atoms with van der Waals surface area (Å²) in [5.74, 6) is 1.55. The van der Waals surface area contributed by atoms with Gasteiger partial charge in [0.05, 0.1) is 18.5 Å². The van der Waals surface area contributed by atoms with E-state index in [0.717, 1.165) is 11.3 Å². The molecule has 2 aromatic heterocycles. The van der Waals surface area contributed by atoms with Gasteiger partial charge in [-0.3, -0.25) is 0 Å². The lowest BCUT2D eigenvalue weighted by Gasteiger charge is -2.06. The Balaban J connectivity index is 2.05. The van der Waals surface area contributed by atoms with Crippen LogP contribution >= 0.6 is 0 Å². The number of hydrogen-bond acceptors (Lipinski definition) is 4. The molecule has 2 heterocycles. The Morgan fingerprint density at radius 1 is 1.53 bits per heavy atom. The highest BCUT2D eigenvalue weighted by Gasteiger charge is 2.01. The number of furan rings is 1. The van der Waals surface area contributed by atoms with Crippen LogP contribution < -0.4 is 11.1 Å². The standard InChI is InChI=1S/C11H13N3O/c1-8-5-10(12)11(13-6-8)14-7-9-3-2-4-15-9/h2-6H,7,12H2,1H3,(H,13,14). The minimum absolute atomic E-state index is 0.591. The molecule has 0 aliphatic heterocycles. The van der Waals surface area contributed by atoms with Crippen LogP contribution in [0, 0.1) is 6.92 Å². The Morgan fingerprint density at radius 2 is 2.40 bits per heavy atom. The molecule has 0 unspecified atom stereocenters. The Morgan fingerprint density at radius 3 is 3.07 bits per heavy atom. The molecule has 0 saturated heterocycles. The summed E-state index contributed by atoms with van der Waals surface area (Å²) in [6, 6.07) is 5.64. The fraction of sp³-hybridized carbons (Fsp3) is 0.182. The Bertz CT molecular complexity index is 437. The number of hydrogen-bond donors (Lipinski definition) is 2. The molecule has 4 heteroatoms. The molecule has 0 aliphatic carbocycles. The van der Waals surface area contributed by atoms with Gasteiger partial charge in [0.2, 0.25) is 0 Å². The van der Waals surface area contributed by atoms with Gasteiger partial charge in [0.25, 0.3) is 0 Å². The summed E-state index contributed by atoms with van der Waals surface area (Å²) in [6.45, 7) is 2.55. The van der Waals surface area contributed by atoms with Crippen molar-refractivity contribution in [1.82, 2.24) is 4.98 Å². The molecule has 2 rings (SSSR count). The first-order valence-corrected chi connectivity index (χ1v) is 4.74. The van der Waals surface area contributed by atoms with E-state index in [1.807, 2.05) is 25.1 Å². The average molecular weight is 203 g/mol. The van der Waals surface area contributed by atoms with Crippen molar-refractivity contribution in [3.05, 3.63) is 42.0 Å². The summed E-state index contributed by atoms with van der Waals surface area (Å²) in [5, 5.41) is 3.11. The molecular formula is C11H13N3O. The largest absolute Gasteiger partial charge is 0.467 e. The van der Waals surface area contributed by atoms with Crippen molar-refractivity contribution in [2.75, 3.05) is 11.1 Å². The van der Waals surface area contributed by atoms with Crippen molar-refractivity contribution < 1.29 is 4.42 Å². The van der Waals surface area contributed by atoms with Gasteiger partial charge in [-0.2, -0.15) is 0 Å². The Labute approximate surface area is 88.1 Å². The second-order valence-corrected chi connectivity index (χ2v) is 3.38. The molecule has 0 aromatic carbocycles. The molecule has 0 aliphatic rings. The van der Waals surface area contributed by atoms with E-state index in [9.17, 15) is 0 Å². The third-order valence-corrected chi connectivity index (χ3v) is 2.06. The minimum atomic E-state index is 0.591. The summed E-state index contributed by atoms with van der Waals surface area (Å²) < 4.78 is 5.19. The number of nitrogens with one attached hydrogen (secondary N) is 1. The second kappa shape index (κ2) is 4.04. The van der Waals surface area contributed by atoms with Crippen molar-refractivity contribution in [3.8, 4) is 0 Å². The summed E-state index contributed by atoms with van der Waals surface area (Å²) in [6.07, 6.45) is 3.42. The van der Waals surface area contributed by atoms with E-state index in [1.165, 1.54) is 0 Å². The van der Waals surface area contributed by atoms with Crippen LogP contribution in [0.2, 0.25) is 0 Å². The quantitative estimate of drug-likeness (QED) is 0.802. The topological polar surface area (TPSA) is 64.1 Å². The molecule has 15 heavy (non-hydrogen) atoms. The number of nitrogens with two attached hydrogens (primary N) is 1. The maximum Gasteiger partial charge on any atom is 0.149 e. The van der Waals surface area contributed by atoms with Crippen LogP contribution in [0.25, 0.3) is 0 Å². The van der Waals surface area contributed by atoms with Crippen LogP contribution in [0.15, 0.2) is 35.1 Å². The predicted molar refractivity (Wildman–Crippen MR) is 59.4 cm³/mol. The number of anilines is 2. The zero-order chi connectivity index (χ0) is 10.7. The number of pyridine rings is 1. The van der Waals surface area contributed by atoms with Gasteiger partial charge >= 0.3 is 0 Å². The number of aryl methyl sites for hydroxylation is 1. The van der Waals surface area contributed by atoms with E-state index < -0.39 is 0 Å². The van der Waals surface area contributed by atoms with Crippen molar-refractivity contribution >= 4 is 11.5 Å². The molecule has 0 radical (unpaired) electrons. The van der Waals surface area contributed by atoms with Gasteiger partial charge in [-0.25, -0.2) is 4.98 Å². The van der Waals surface area contributed by atoms with E-state index in [0.29, 0.717) is 18.1 Å². The highest BCUT2D eigenvalue weighted by Crippen LogP contribution is 2.16. The van der Waals surface area contributed by atoms with Crippen LogP contribution in [-0.4, -0.2) is 4.98 Å². The molecule has 2 aromatic rings. The molecule has 0 spiro atoms. The normalized spacial score (nSPS) is 10.2. The summed E-state index contributed by atoms with van der Waals surface area (Å²) >= 11 is 0. The monoisotopic (exact) mass is 203 g/mol. The molecule has 0 amide bonds. The fourth-order valence-corrected chi connectivity index (χ4v) is 1.32. The SMILES string of the molecule is Cc1cnc(NCc2ccco2)c(N)c1. The Hall–Kier alpha value is -1.97. The molecule has 78 valence electrons. The summed E-state index contributed by atoms with van der Waals surface area (Å²) in [4.78, 5) is 4.20. The number of nitrogen functional groups attached to an aromatic ring is 1. The van der Waals surface area contributed by atoms with Gasteiger partial charge in [-0.1, -0.05) is 0 Å². The average Bonchev–Trinajstić information content (AvgIpc) is 2.69. The van der Waals surface area contributed by atoms with E-state index in [2.05, 4.69) is 10.3 Å². The van der Waals surface area contributed by atoms with Crippen LogP contribution in [0.5, 0.6) is 0 Å². The maximum atomic E-state index is 5.81. The van der Waals surface area contributed by atoms with Crippen molar-refractivity contribution in [2.45, 2.75) is 13.5 Å². The minimum Gasteiger partial charge on any atom is -0.467 e. The van der Waals surface area contributed by atoms with Crippen LogP contribution in [0.4, 0.5) is 11.5 Å². The summed E-state index contributed by atoms with van der Waals surface area (Å²) in [7, 11) is 0. The van der Waals surface area contributed by atoms with Crippen molar-refractivity contribution in [2.24, 2.45) is 0 Å². The first-order chi connectivity index (χ1) is 7.25.